The molecule has 0 unspecified atom stereocenters. The van der Waals surface area contributed by atoms with Crippen LogP contribution in [0.25, 0.3) is 22.8 Å². The maximum absolute atomic E-state index is 13.1. The topological polar surface area (TPSA) is 108 Å². The molecule has 0 saturated heterocycles. The van der Waals surface area contributed by atoms with Crippen molar-refractivity contribution in [3.63, 3.8) is 0 Å². The molecule has 0 aliphatic heterocycles. The molecule has 0 spiro atoms. The average molecular weight is 480 g/mol. The molecule has 3 aromatic heterocycles. The van der Waals surface area contributed by atoms with Gasteiger partial charge >= 0.3 is 0 Å². The van der Waals surface area contributed by atoms with Gasteiger partial charge in [-0.15, -0.1) is 15.3 Å². The van der Waals surface area contributed by atoms with E-state index in [-0.39, 0.29) is 17.1 Å². The number of aryl methyl sites for hydroxylation is 1. The molecule has 0 saturated carbocycles. The Balaban J connectivity index is 1.28. The monoisotopic (exact) mass is 479 g/mol. The maximum atomic E-state index is 13.1. The average Bonchev–Trinajstić information content (AvgIpc) is 3.52. The Morgan fingerprint density at radius 3 is 2.69 bits per heavy atom. The minimum absolute atomic E-state index is 0.0255. The molecule has 1 aromatic carbocycles. The summed E-state index contributed by atoms with van der Waals surface area (Å²) in [5, 5.41) is 19.6. The number of benzene rings is 1. The van der Waals surface area contributed by atoms with Gasteiger partial charge in [-0.3, -0.25) is 9.78 Å². The normalized spacial score (nSPS) is 11.4. The van der Waals surface area contributed by atoms with Gasteiger partial charge in [0.1, 0.15) is 11.4 Å². The van der Waals surface area contributed by atoms with E-state index in [0.717, 1.165) is 11.3 Å². The number of ether oxygens (including phenoxy) is 1. The van der Waals surface area contributed by atoms with Gasteiger partial charge in [0, 0.05) is 30.3 Å². The Kier molecular flexibility index (Phi) is 7.05. The SMILES string of the molecule is CCOc1ccc(-c2nc(SCCSc3nnc(-c4cn(C)nc4C(F)F)o3)n[nH]2)cc1. The maximum Gasteiger partial charge on any atom is 0.282 e. The minimum atomic E-state index is -2.72. The van der Waals surface area contributed by atoms with E-state index in [1.165, 1.54) is 34.4 Å². The van der Waals surface area contributed by atoms with Crippen molar-refractivity contribution in [1.29, 1.82) is 0 Å². The van der Waals surface area contributed by atoms with E-state index >= 15 is 0 Å². The van der Waals surface area contributed by atoms with E-state index in [1.807, 2.05) is 31.2 Å². The van der Waals surface area contributed by atoms with Gasteiger partial charge in [0.2, 0.25) is 5.16 Å². The fourth-order valence-electron chi connectivity index (χ4n) is 2.79. The van der Waals surface area contributed by atoms with Crippen molar-refractivity contribution in [2.24, 2.45) is 7.05 Å². The largest absolute Gasteiger partial charge is 0.494 e. The number of aromatic nitrogens is 7. The van der Waals surface area contributed by atoms with Gasteiger partial charge in [-0.25, -0.2) is 13.8 Å². The lowest BCUT2D eigenvalue weighted by Crippen LogP contribution is -1.91. The molecular formula is C19H19F2N7O2S2. The van der Waals surface area contributed by atoms with Crippen molar-refractivity contribution >= 4 is 23.5 Å². The van der Waals surface area contributed by atoms with Gasteiger partial charge in [0.25, 0.3) is 17.5 Å². The van der Waals surface area contributed by atoms with Crippen LogP contribution in [0.3, 0.4) is 0 Å². The number of alkyl halides is 2. The van der Waals surface area contributed by atoms with Crippen LogP contribution in [0.15, 0.2) is 45.3 Å². The van der Waals surface area contributed by atoms with Crippen molar-refractivity contribution in [1.82, 2.24) is 35.2 Å². The van der Waals surface area contributed by atoms with Crippen molar-refractivity contribution in [3.8, 4) is 28.6 Å². The summed E-state index contributed by atoms with van der Waals surface area (Å²) in [6, 6.07) is 7.62. The van der Waals surface area contributed by atoms with Crippen LogP contribution in [0.5, 0.6) is 5.75 Å². The van der Waals surface area contributed by atoms with E-state index in [4.69, 9.17) is 9.15 Å². The number of hydrogen-bond donors (Lipinski definition) is 1. The molecule has 13 heteroatoms. The van der Waals surface area contributed by atoms with Gasteiger partial charge in [-0.05, 0) is 31.2 Å². The predicted molar refractivity (Wildman–Crippen MR) is 116 cm³/mol. The molecule has 0 fully saturated rings. The van der Waals surface area contributed by atoms with Crippen LogP contribution in [0.1, 0.15) is 19.0 Å². The second-order valence-electron chi connectivity index (χ2n) is 6.40. The Bertz CT molecular complexity index is 1160. The summed E-state index contributed by atoms with van der Waals surface area (Å²) in [6.45, 7) is 2.55. The third-order valence-electron chi connectivity index (χ3n) is 4.14. The summed E-state index contributed by atoms with van der Waals surface area (Å²) in [7, 11) is 1.56. The first-order valence-corrected chi connectivity index (χ1v) is 11.6. The Labute approximate surface area is 190 Å². The number of rotatable bonds is 10. The Morgan fingerprint density at radius 1 is 1.16 bits per heavy atom. The van der Waals surface area contributed by atoms with Gasteiger partial charge in [-0.2, -0.15) is 5.10 Å². The number of thioether (sulfide) groups is 2. The van der Waals surface area contributed by atoms with Crippen molar-refractivity contribution in [2.75, 3.05) is 18.1 Å². The summed E-state index contributed by atoms with van der Waals surface area (Å²) in [5.41, 5.74) is 0.675. The molecule has 0 bridgehead atoms. The minimum Gasteiger partial charge on any atom is -0.494 e. The predicted octanol–water partition coefficient (Wildman–Crippen LogP) is 4.48. The van der Waals surface area contributed by atoms with E-state index in [9.17, 15) is 8.78 Å². The zero-order chi connectivity index (χ0) is 22.5. The molecule has 9 nitrogen and oxygen atoms in total. The summed E-state index contributed by atoms with van der Waals surface area (Å²) in [5.74, 6) is 2.85. The van der Waals surface area contributed by atoms with E-state index in [0.29, 0.717) is 34.3 Å². The zero-order valence-corrected chi connectivity index (χ0v) is 18.8. The third-order valence-corrected chi connectivity index (χ3v) is 6.07. The number of nitrogens with one attached hydrogen (secondary N) is 1. The molecule has 1 N–H and O–H groups in total. The molecular weight excluding hydrogens is 460 g/mol. The van der Waals surface area contributed by atoms with Crippen LogP contribution >= 0.6 is 23.5 Å². The van der Waals surface area contributed by atoms with Gasteiger partial charge in [0.15, 0.2) is 5.82 Å². The fourth-order valence-corrected chi connectivity index (χ4v) is 4.31. The first-order valence-electron chi connectivity index (χ1n) is 9.60. The molecule has 4 rings (SSSR count). The lowest BCUT2D eigenvalue weighted by Gasteiger charge is -2.02. The molecule has 0 radical (unpaired) electrons. The lowest BCUT2D eigenvalue weighted by molar-refractivity contribution is 0.145. The van der Waals surface area contributed by atoms with Crippen LogP contribution in [0.4, 0.5) is 8.78 Å². The number of nitrogens with zero attached hydrogens (tertiary/aromatic N) is 6. The third kappa shape index (κ3) is 5.27. The zero-order valence-electron chi connectivity index (χ0n) is 17.2. The highest BCUT2D eigenvalue weighted by molar-refractivity contribution is 8.02. The van der Waals surface area contributed by atoms with E-state index < -0.39 is 6.43 Å². The Hall–Kier alpha value is -2.93. The molecule has 0 aliphatic rings. The van der Waals surface area contributed by atoms with E-state index in [1.54, 1.807) is 7.05 Å². The number of halogens is 2. The quantitative estimate of drug-likeness (QED) is 0.260. The van der Waals surface area contributed by atoms with E-state index in [2.05, 4.69) is 30.5 Å². The summed E-state index contributed by atoms with van der Waals surface area (Å²) >= 11 is 2.81. The summed E-state index contributed by atoms with van der Waals surface area (Å²) < 4.78 is 38.5. The smallest absolute Gasteiger partial charge is 0.282 e. The Morgan fingerprint density at radius 2 is 1.94 bits per heavy atom. The van der Waals surface area contributed by atoms with Crippen LogP contribution in [-0.2, 0) is 7.05 Å². The summed E-state index contributed by atoms with van der Waals surface area (Å²) in [4.78, 5) is 4.49. The highest BCUT2D eigenvalue weighted by Crippen LogP contribution is 2.31. The number of hydrogen-bond acceptors (Lipinski definition) is 9. The van der Waals surface area contributed by atoms with Crippen molar-refractivity contribution < 1.29 is 17.9 Å². The molecule has 168 valence electrons. The van der Waals surface area contributed by atoms with Gasteiger partial charge in [-0.1, -0.05) is 23.5 Å². The molecule has 0 aliphatic carbocycles. The molecule has 0 amide bonds. The highest BCUT2D eigenvalue weighted by Gasteiger charge is 2.23. The van der Waals surface area contributed by atoms with Gasteiger partial charge in [0.05, 0.1) is 12.2 Å². The molecule has 32 heavy (non-hydrogen) atoms. The molecule has 3 heterocycles. The number of aromatic amines is 1. The second-order valence-corrected chi connectivity index (χ2v) is 8.50. The van der Waals surface area contributed by atoms with Gasteiger partial charge < -0.3 is 9.15 Å². The van der Waals surface area contributed by atoms with Crippen LogP contribution in [-0.4, -0.2) is 53.3 Å². The summed E-state index contributed by atoms with van der Waals surface area (Å²) in [6.07, 6.45) is -1.29. The van der Waals surface area contributed by atoms with Crippen LogP contribution < -0.4 is 4.74 Å². The van der Waals surface area contributed by atoms with Crippen LogP contribution in [0.2, 0.25) is 0 Å². The highest BCUT2D eigenvalue weighted by atomic mass is 32.2. The first kappa shape index (κ1) is 22.3. The van der Waals surface area contributed by atoms with Crippen LogP contribution in [0, 0.1) is 0 Å². The number of H-pyrrole nitrogens is 1. The second kappa shape index (κ2) is 10.1. The molecule has 4 aromatic rings. The lowest BCUT2D eigenvalue weighted by atomic mass is 10.2. The fraction of sp³-hybridized carbons (Fsp3) is 0.316. The molecule has 0 atom stereocenters. The van der Waals surface area contributed by atoms with Crippen molar-refractivity contribution in [3.05, 3.63) is 36.2 Å². The first-order chi connectivity index (χ1) is 15.5. The standard InChI is InChI=1S/C19H19F2N7O2S2/c1-3-29-12-6-4-11(5-7-12)16-22-18(25-23-16)31-8-9-32-19-26-24-17(30-19)13-10-28(2)27-14(13)15(20)21/h4-7,10,15H,3,8-9H2,1-2H3,(H,22,23,25). The van der Waals surface area contributed by atoms with Crippen molar-refractivity contribution in [2.45, 2.75) is 23.7 Å².